The number of ether oxygens (including phenoxy) is 1. The average molecular weight is 267 g/mol. The van der Waals surface area contributed by atoms with E-state index in [-0.39, 0.29) is 5.97 Å². The number of esters is 1. The minimum absolute atomic E-state index is 0.269. The summed E-state index contributed by atoms with van der Waals surface area (Å²) in [5, 5.41) is 1.11. The summed E-state index contributed by atoms with van der Waals surface area (Å²) in [5.74, 6) is 1.92. The van der Waals surface area contributed by atoms with Crippen molar-refractivity contribution in [2.24, 2.45) is 11.8 Å². The van der Waals surface area contributed by atoms with Crippen molar-refractivity contribution in [3.05, 3.63) is 16.1 Å². The highest BCUT2D eigenvalue weighted by atomic mass is 32.1. The summed E-state index contributed by atoms with van der Waals surface area (Å²) in [6.45, 7) is 4.62. The van der Waals surface area contributed by atoms with Gasteiger partial charge in [0.25, 0.3) is 0 Å². The van der Waals surface area contributed by atoms with Crippen molar-refractivity contribution in [2.75, 3.05) is 7.11 Å². The largest absolute Gasteiger partial charge is 0.465 e. The molecule has 2 rings (SSSR count). The first-order chi connectivity index (χ1) is 8.61. The molecule has 100 valence electrons. The quantitative estimate of drug-likeness (QED) is 0.781. The van der Waals surface area contributed by atoms with Gasteiger partial charge in [0.05, 0.1) is 18.3 Å². The maximum Gasteiger partial charge on any atom is 0.349 e. The monoisotopic (exact) mass is 267 g/mol. The van der Waals surface area contributed by atoms with Crippen LogP contribution in [0.1, 0.15) is 60.1 Å². The first-order valence-corrected chi connectivity index (χ1v) is 7.47. The highest BCUT2D eigenvalue weighted by Gasteiger charge is 2.26. The molecule has 0 bridgehead atoms. The zero-order valence-electron chi connectivity index (χ0n) is 11.3. The van der Waals surface area contributed by atoms with Crippen LogP contribution in [0.15, 0.2) is 6.20 Å². The molecule has 0 unspecified atom stereocenters. The molecule has 3 nitrogen and oxygen atoms in total. The number of carbonyl (C=O) groups excluding carboxylic acids is 1. The van der Waals surface area contributed by atoms with E-state index < -0.39 is 0 Å². The Morgan fingerprint density at radius 1 is 1.39 bits per heavy atom. The van der Waals surface area contributed by atoms with Crippen LogP contribution in [-0.2, 0) is 4.74 Å². The molecule has 4 heteroatoms. The highest BCUT2D eigenvalue weighted by Crippen LogP contribution is 2.39. The number of thiazole rings is 1. The zero-order chi connectivity index (χ0) is 13.1. The van der Waals surface area contributed by atoms with Gasteiger partial charge in [0.15, 0.2) is 0 Å². The maximum absolute atomic E-state index is 11.4. The van der Waals surface area contributed by atoms with Gasteiger partial charge in [-0.2, -0.15) is 0 Å². The van der Waals surface area contributed by atoms with E-state index in [1.807, 2.05) is 0 Å². The molecule has 1 aliphatic rings. The lowest BCUT2D eigenvalue weighted by Crippen LogP contribution is -2.17. The molecule has 1 aromatic heterocycles. The number of nitrogens with zero attached hydrogens (tertiary/aromatic N) is 1. The molecular formula is C14H21NO2S. The molecule has 0 atom stereocenters. The summed E-state index contributed by atoms with van der Waals surface area (Å²) in [6, 6.07) is 0. The van der Waals surface area contributed by atoms with E-state index in [1.165, 1.54) is 44.1 Å². The molecule has 0 saturated heterocycles. The third kappa shape index (κ3) is 2.91. The van der Waals surface area contributed by atoms with Gasteiger partial charge >= 0.3 is 5.97 Å². The normalized spacial score (nSPS) is 24.2. The first-order valence-electron chi connectivity index (χ1n) is 6.65. The van der Waals surface area contributed by atoms with Gasteiger partial charge in [-0.15, -0.1) is 11.3 Å². The number of aromatic nitrogens is 1. The predicted octanol–water partition coefficient (Wildman–Crippen LogP) is 3.86. The summed E-state index contributed by atoms with van der Waals surface area (Å²) in [5.41, 5.74) is 0. The van der Waals surface area contributed by atoms with Crippen LogP contribution in [0.25, 0.3) is 0 Å². The van der Waals surface area contributed by atoms with Gasteiger partial charge in [-0.3, -0.25) is 0 Å². The molecule has 1 fully saturated rings. The van der Waals surface area contributed by atoms with E-state index in [0.29, 0.717) is 10.8 Å². The van der Waals surface area contributed by atoms with Crippen LogP contribution in [-0.4, -0.2) is 18.1 Å². The van der Waals surface area contributed by atoms with Crippen LogP contribution in [0.4, 0.5) is 0 Å². The molecule has 0 aliphatic heterocycles. The molecule has 0 aromatic carbocycles. The molecule has 1 saturated carbocycles. The van der Waals surface area contributed by atoms with Gasteiger partial charge in [-0.25, -0.2) is 9.78 Å². The Labute approximate surface area is 113 Å². The van der Waals surface area contributed by atoms with E-state index in [1.54, 1.807) is 6.20 Å². The molecule has 0 amide bonds. The standard InChI is InChI=1S/C14H21NO2S/c1-9(2)10-4-6-11(7-5-10)13-15-8-12(18-13)14(16)17-3/h8-11H,4-7H2,1-3H3. The second kappa shape index (κ2) is 5.83. The van der Waals surface area contributed by atoms with Gasteiger partial charge in [-0.1, -0.05) is 13.8 Å². The highest BCUT2D eigenvalue weighted by molar-refractivity contribution is 7.13. The van der Waals surface area contributed by atoms with Crippen molar-refractivity contribution in [1.82, 2.24) is 4.98 Å². The van der Waals surface area contributed by atoms with Crippen molar-refractivity contribution in [2.45, 2.75) is 45.4 Å². The minimum Gasteiger partial charge on any atom is -0.465 e. The summed E-state index contributed by atoms with van der Waals surface area (Å²) >= 11 is 1.50. The molecule has 1 heterocycles. The number of hydrogen-bond donors (Lipinski definition) is 0. The smallest absolute Gasteiger partial charge is 0.349 e. The van der Waals surface area contributed by atoms with E-state index in [0.717, 1.165) is 16.8 Å². The van der Waals surface area contributed by atoms with Crippen LogP contribution >= 0.6 is 11.3 Å². The van der Waals surface area contributed by atoms with E-state index in [9.17, 15) is 4.79 Å². The fourth-order valence-corrected chi connectivity index (χ4v) is 3.71. The Bertz CT molecular complexity index is 406. The summed E-state index contributed by atoms with van der Waals surface area (Å²) in [7, 11) is 1.41. The van der Waals surface area contributed by atoms with Crippen LogP contribution in [0.2, 0.25) is 0 Å². The third-order valence-electron chi connectivity index (χ3n) is 3.97. The topological polar surface area (TPSA) is 39.2 Å². The molecule has 18 heavy (non-hydrogen) atoms. The Morgan fingerprint density at radius 2 is 2.06 bits per heavy atom. The van der Waals surface area contributed by atoms with Crippen LogP contribution in [0.3, 0.4) is 0 Å². The molecule has 0 spiro atoms. The van der Waals surface area contributed by atoms with Crippen LogP contribution in [0, 0.1) is 11.8 Å². The zero-order valence-corrected chi connectivity index (χ0v) is 12.1. The SMILES string of the molecule is COC(=O)c1cnc(C2CCC(C(C)C)CC2)s1. The van der Waals surface area contributed by atoms with Crippen molar-refractivity contribution < 1.29 is 9.53 Å². The number of hydrogen-bond acceptors (Lipinski definition) is 4. The summed E-state index contributed by atoms with van der Waals surface area (Å²) in [4.78, 5) is 16.4. The number of carbonyl (C=O) groups is 1. The molecule has 0 radical (unpaired) electrons. The predicted molar refractivity (Wildman–Crippen MR) is 73.0 cm³/mol. The van der Waals surface area contributed by atoms with Gasteiger partial charge in [0.1, 0.15) is 4.88 Å². The first kappa shape index (κ1) is 13.5. The fourth-order valence-electron chi connectivity index (χ4n) is 2.70. The van der Waals surface area contributed by atoms with Crippen molar-refractivity contribution >= 4 is 17.3 Å². The van der Waals surface area contributed by atoms with Crippen LogP contribution in [0.5, 0.6) is 0 Å². The van der Waals surface area contributed by atoms with Crippen molar-refractivity contribution in [1.29, 1.82) is 0 Å². The maximum atomic E-state index is 11.4. The summed E-state index contributed by atoms with van der Waals surface area (Å²) in [6.07, 6.45) is 6.64. The second-order valence-corrected chi connectivity index (χ2v) is 6.47. The Morgan fingerprint density at radius 3 is 2.61 bits per heavy atom. The molecule has 1 aliphatic carbocycles. The molecule has 1 aromatic rings. The number of rotatable bonds is 3. The van der Waals surface area contributed by atoms with Gasteiger partial charge in [-0.05, 0) is 37.5 Å². The van der Waals surface area contributed by atoms with Crippen molar-refractivity contribution in [3.63, 3.8) is 0 Å². The van der Waals surface area contributed by atoms with Gasteiger partial charge in [0.2, 0.25) is 0 Å². The number of methoxy groups -OCH3 is 1. The van der Waals surface area contributed by atoms with Crippen molar-refractivity contribution in [3.8, 4) is 0 Å². The lowest BCUT2D eigenvalue weighted by atomic mass is 9.77. The van der Waals surface area contributed by atoms with Gasteiger partial charge in [0, 0.05) is 5.92 Å². The minimum atomic E-state index is -0.269. The lowest BCUT2D eigenvalue weighted by molar-refractivity contribution is 0.0606. The Kier molecular flexibility index (Phi) is 4.38. The second-order valence-electron chi connectivity index (χ2n) is 5.41. The molecular weight excluding hydrogens is 246 g/mol. The Hall–Kier alpha value is -0.900. The average Bonchev–Trinajstić information content (AvgIpc) is 2.87. The Balaban J connectivity index is 1.97. The lowest BCUT2D eigenvalue weighted by Gasteiger charge is -2.29. The van der Waals surface area contributed by atoms with Gasteiger partial charge < -0.3 is 4.74 Å². The fraction of sp³-hybridized carbons (Fsp3) is 0.714. The third-order valence-corrected chi connectivity index (χ3v) is 5.11. The van der Waals surface area contributed by atoms with E-state index in [2.05, 4.69) is 18.8 Å². The van der Waals surface area contributed by atoms with E-state index >= 15 is 0 Å². The molecule has 0 N–H and O–H groups in total. The summed E-state index contributed by atoms with van der Waals surface area (Å²) < 4.78 is 4.72. The van der Waals surface area contributed by atoms with Crippen LogP contribution < -0.4 is 0 Å². The van der Waals surface area contributed by atoms with E-state index in [4.69, 9.17) is 4.74 Å².